The van der Waals surface area contributed by atoms with Crippen LogP contribution in [0.2, 0.25) is 0 Å². The SMILES string of the molecule is C=CCCCCCN(C)C(=NCCOCCOC)NCC. The molecule has 0 aromatic heterocycles. The van der Waals surface area contributed by atoms with Crippen molar-refractivity contribution in [2.45, 2.75) is 32.6 Å². The molecule has 0 rings (SSSR count). The number of hydrogen-bond donors (Lipinski definition) is 1. The van der Waals surface area contributed by atoms with E-state index < -0.39 is 0 Å². The van der Waals surface area contributed by atoms with E-state index in [1.165, 1.54) is 19.3 Å². The van der Waals surface area contributed by atoms with Crippen molar-refractivity contribution < 1.29 is 9.47 Å². The molecule has 0 heterocycles. The van der Waals surface area contributed by atoms with Crippen molar-refractivity contribution in [1.82, 2.24) is 10.2 Å². The molecular weight excluding hydrogens is 266 g/mol. The monoisotopic (exact) mass is 299 g/mol. The summed E-state index contributed by atoms with van der Waals surface area (Å²) >= 11 is 0. The van der Waals surface area contributed by atoms with Gasteiger partial charge in [0.15, 0.2) is 5.96 Å². The average molecular weight is 299 g/mol. The zero-order valence-electron chi connectivity index (χ0n) is 14.1. The lowest BCUT2D eigenvalue weighted by Crippen LogP contribution is -2.39. The Morgan fingerprint density at radius 3 is 2.71 bits per heavy atom. The molecule has 0 amide bonds. The third kappa shape index (κ3) is 12.4. The van der Waals surface area contributed by atoms with Crippen LogP contribution in [0.15, 0.2) is 17.6 Å². The minimum Gasteiger partial charge on any atom is -0.382 e. The summed E-state index contributed by atoms with van der Waals surface area (Å²) in [5, 5.41) is 3.32. The van der Waals surface area contributed by atoms with Gasteiger partial charge in [0, 0.05) is 27.2 Å². The molecule has 0 aromatic rings. The summed E-state index contributed by atoms with van der Waals surface area (Å²) in [6.45, 7) is 10.3. The summed E-state index contributed by atoms with van der Waals surface area (Å²) in [6, 6.07) is 0. The fraction of sp³-hybridized carbons (Fsp3) is 0.812. The van der Waals surface area contributed by atoms with Gasteiger partial charge in [0.1, 0.15) is 0 Å². The second-order valence-electron chi connectivity index (χ2n) is 4.90. The Balaban J connectivity index is 3.92. The Kier molecular flexibility index (Phi) is 14.5. The summed E-state index contributed by atoms with van der Waals surface area (Å²) in [4.78, 5) is 6.76. The summed E-state index contributed by atoms with van der Waals surface area (Å²) in [6.07, 6.45) is 6.73. The second kappa shape index (κ2) is 15.3. The molecule has 0 radical (unpaired) electrons. The summed E-state index contributed by atoms with van der Waals surface area (Å²) < 4.78 is 10.4. The molecule has 0 saturated heterocycles. The van der Waals surface area contributed by atoms with Crippen LogP contribution in [-0.2, 0) is 9.47 Å². The van der Waals surface area contributed by atoms with Crippen molar-refractivity contribution in [1.29, 1.82) is 0 Å². The van der Waals surface area contributed by atoms with Crippen LogP contribution in [0.5, 0.6) is 0 Å². The Labute approximate surface area is 130 Å². The first-order valence-electron chi connectivity index (χ1n) is 7.93. The number of rotatable bonds is 13. The molecule has 0 saturated carbocycles. The predicted molar refractivity (Wildman–Crippen MR) is 90.0 cm³/mol. The van der Waals surface area contributed by atoms with E-state index in [4.69, 9.17) is 9.47 Å². The largest absolute Gasteiger partial charge is 0.382 e. The van der Waals surface area contributed by atoms with Crippen molar-refractivity contribution in [3.05, 3.63) is 12.7 Å². The Hall–Kier alpha value is -1.07. The molecule has 0 fully saturated rings. The number of unbranched alkanes of at least 4 members (excludes halogenated alkanes) is 3. The standard InChI is InChI=1S/C16H33N3O2/c1-5-7-8-9-10-12-19(3)16(17-6-2)18-11-13-21-15-14-20-4/h5H,1,6-15H2,2-4H3,(H,17,18). The molecule has 5 nitrogen and oxygen atoms in total. The van der Waals surface area contributed by atoms with Gasteiger partial charge in [0.05, 0.1) is 26.4 Å². The summed E-state index contributed by atoms with van der Waals surface area (Å²) in [7, 11) is 3.76. The molecule has 0 aromatic carbocycles. The van der Waals surface area contributed by atoms with Gasteiger partial charge in [0.2, 0.25) is 0 Å². The zero-order valence-corrected chi connectivity index (χ0v) is 14.1. The van der Waals surface area contributed by atoms with Gasteiger partial charge in [-0.05, 0) is 26.2 Å². The third-order valence-corrected chi connectivity index (χ3v) is 3.03. The number of guanidine groups is 1. The first kappa shape index (κ1) is 19.9. The van der Waals surface area contributed by atoms with Gasteiger partial charge in [-0.15, -0.1) is 6.58 Å². The van der Waals surface area contributed by atoms with E-state index in [1.54, 1.807) is 7.11 Å². The van der Waals surface area contributed by atoms with Crippen molar-refractivity contribution >= 4 is 5.96 Å². The van der Waals surface area contributed by atoms with E-state index in [2.05, 4.69) is 35.8 Å². The van der Waals surface area contributed by atoms with Gasteiger partial charge in [-0.1, -0.05) is 12.5 Å². The average Bonchev–Trinajstić information content (AvgIpc) is 2.49. The molecular formula is C16H33N3O2. The molecule has 0 bridgehead atoms. The van der Waals surface area contributed by atoms with Crippen LogP contribution in [-0.4, -0.2) is 64.5 Å². The van der Waals surface area contributed by atoms with Gasteiger partial charge in [0.25, 0.3) is 0 Å². The molecule has 5 heteroatoms. The highest BCUT2D eigenvalue weighted by Crippen LogP contribution is 2.01. The van der Waals surface area contributed by atoms with E-state index in [-0.39, 0.29) is 0 Å². The maximum atomic E-state index is 5.42. The number of hydrogen-bond acceptors (Lipinski definition) is 3. The normalized spacial score (nSPS) is 11.5. The van der Waals surface area contributed by atoms with Crippen molar-refractivity contribution in [2.75, 3.05) is 53.6 Å². The van der Waals surface area contributed by atoms with Crippen LogP contribution in [0, 0.1) is 0 Å². The van der Waals surface area contributed by atoms with Gasteiger partial charge in [-0.3, -0.25) is 4.99 Å². The predicted octanol–water partition coefficient (Wildman–Crippen LogP) is 2.29. The van der Waals surface area contributed by atoms with Gasteiger partial charge >= 0.3 is 0 Å². The molecule has 124 valence electrons. The van der Waals surface area contributed by atoms with Crippen LogP contribution in [0.1, 0.15) is 32.6 Å². The maximum Gasteiger partial charge on any atom is 0.193 e. The lowest BCUT2D eigenvalue weighted by Gasteiger charge is -2.22. The van der Waals surface area contributed by atoms with E-state index in [9.17, 15) is 0 Å². The van der Waals surface area contributed by atoms with Crippen molar-refractivity contribution in [3.63, 3.8) is 0 Å². The zero-order chi connectivity index (χ0) is 15.8. The number of nitrogens with zero attached hydrogens (tertiary/aromatic N) is 2. The quantitative estimate of drug-likeness (QED) is 0.245. The third-order valence-electron chi connectivity index (χ3n) is 3.03. The number of ether oxygens (including phenoxy) is 2. The van der Waals surface area contributed by atoms with E-state index in [1.807, 2.05) is 6.08 Å². The van der Waals surface area contributed by atoms with E-state index in [0.717, 1.165) is 25.5 Å². The molecule has 0 aliphatic rings. The Morgan fingerprint density at radius 1 is 1.24 bits per heavy atom. The van der Waals surface area contributed by atoms with Crippen LogP contribution in [0.4, 0.5) is 0 Å². The van der Waals surface area contributed by atoms with Crippen molar-refractivity contribution in [2.24, 2.45) is 4.99 Å². The Morgan fingerprint density at radius 2 is 2.05 bits per heavy atom. The second-order valence-corrected chi connectivity index (χ2v) is 4.90. The first-order valence-corrected chi connectivity index (χ1v) is 7.93. The summed E-state index contributed by atoms with van der Waals surface area (Å²) in [5.41, 5.74) is 0. The smallest absolute Gasteiger partial charge is 0.193 e. The van der Waals surface area contributed by atoms with Crippen LogP contribution in [0.25, 0.3) is 0 Å². The van der Waals surface area contributed by atoms with Crippen LogP contribution >= 0.6 is 0 Å². The minimum absolute atomic E-state index is 0.627. The lowest BCUT2D eigenvalue weighted by atomic mass is 10.2. The van der Waals surface area contributed by atoms with Gasteiger partial charge < -0.3 is 19.7 Å². The van der Waals surface area contributed by atoms with Gasteiger partial charge in [-0.2, -0.15) is 0 Å². The topological polar surface area (TPSA) is 46.1 Å². The van der Waals surface area contributed by atoms with E-state index in [0.29, 0.717) is 26.4 Å². The van der Waals surface area contributed by atoms with Crippen LogP contribution in [0.3, 0.4) is 0 Å². The fourth-order valence-corrected chi connectivity index (χ4v) is 1.85. The lowest BCUT2D eigenvalue weighted by molar-refractivity contribution is 0.0747. The molecule has 1 N–H and O–H groups in total. The molecule has 0 aliphatic carbocycles. The Bertz CT molecular complexity index is 270. The highest BCUT2D eigenvalue weighted by molar-refractivity contribution is 5.79. The molecule has 0 aliphatic heterocycles. The number of methoxy groups -OCH3 is 1. The molecule has 0 atom stereocenters. The molecule has 21 heavy (non-hydrogen) atoms. The highest BCUT2D eigenvalue weighted by Gasteiger charge is 2.04. The van der Waals surface area contributed by atoms with Gasteiger partial charge in [-0.25, -0.2) is 0 Å². The summed E-state index contributed by atoms with van der Waals surface area (Å²) in [5.74, 6) is 0.955. The maximum absolute atomic E-state index is 5.42. The number of nitrogens with one attached hydrogen (secondary N) is 1. The first-order chi connectivity index (χ1) is 10.3. The fourth-order valence-electron chi connectivity index (χ4n) is 1.85. The number of allylic oxidation sites excluding steroid dienone is 1. The number of aliphatic imine (C=N–C) groups is 1. The minimum atomic E-state index is 0.627. The van der Waals surface area contributed by atoms with Crippen molar-refractivity contribution in [3.8, 4) is 0 Å². The highest BCUT2D eigenvalue weighted by atomic mass is 16.5. The molecule has 0 unspecified atom stereocenters. The van der Waals surface area contributed by atoms with Crippen LogP contribution < -0.4 is 5.32 Å². The molecule has 0 spiro atoms. The van der Waals surface area contributed by atoms with E-state index >= 15 is 0 Å².